The summed E-state index contributed by atoms with van der Waals surface area (Å²) in [5.74, 6) is 2.20. The van der Waals surface area contributed by atoms with Crippen molar-refractivity contribution in [3.63, 3.8) is 0 Å². The van der Waals surface area contributed by atoms with Gasteiger partial charge in [-0.3, -0.25) is 0 Å². The lowest BCUT2D eigenvalue weighted by molar-refractivity contribution is 0.141. The Labute approximate surface area is 101 Å². The summed E-state index contributed by atoms with van der Waals surface area (Å²) in [4.78, 5) is 7.96. The van der Waals surface area contributed by atoms with Crippen molar-refractivity contribution in [2.24, 2.45) is 11.8 Å². The van der Waals surface area contributed by atoms with Crippen LogP contribution in [0, 0.1) is 11.8 Å². The minimum absolute atomic E-state index is 0.290. The summed E-state index contributed by atoms with van der Waals surface area (Å²) < 4.78 is 0. The second-order valence-electron chi connectivity index (χ2n) is 4.70. The predicted molar refractivity (Wildman–Crippen MR) is 67.5 cm³/mol. The van der Waals surface area contributed by atoms with Crippen LogP contribution in [0.15, 0.2) is 12.4 Å². The molecule has 0 aliphatic heterocycles. The van der Waals surface area contributed by atoms with Gasteiger partial charge < -0.3 is 16.2 Å². The maximum Gasteiger partial charge on any atom is 0.131 e. The number of nitrogens with one attached hydrogen (secondary N) is 1. The van der Waals surface area contributed by atoms with Crippen LogP contribution in [0.2, 0.25) is 0 Å². The summed E-state index contributed by atoms with van der Waals surface area (Å²) in [6, 6.07) is 1.73. The summed E-state index contributed by atoms with van der Waals surface area (Å²) in [5.41, 5.74) is 5.59. The van der Waals surface area contributed by atoms with E-state index in [9.17, 15) is 5.11 Å². The van der Waals surface area contributed by atoms with Crippen molar-refractivity contribution in [1.29, 1.82) is 0 Å². The number of aliphatic hydroxyl groups excluding tert-OH is 1. The first-order valence-corrected chi connectivity index (χ1v) is 6.22. The third kappa shape index (κ3) is 3.30. The molecule has 0 spiro atoms. The lowest BCUT2D eigenvalue weighted by atomic mass is 9.79. The van der Waals surface area contributed by atoms with Crippen LogP contribution in [0.4, 0.5) is 11.6 Å². The monoisotopic (exact) mass is 236 g/mol. The van der Waals surface area contributed by atoms with Gasteiger partial charge in [0.15, 0.2) is 0 Å². The van der Waals surface area contributed by atoms with Gasteiger partial charge in [-0.1, -0.05) is 12.8 Å². The Bertz CT molecular complexity index is 358. The average Bonchev–Trinajstić information content (AvgIpc) is 2.37. The summed E-state index contributed by atoms with van der Waals surface area (Å²) in [5, 5.41) is 12.6. The molecule has 1 fully saturated rings. The average molecular weight is 236 g/mol. The van der Waals surface area contributed by atoms with Gasteiger partial charge >= 0.3 is 0 Å². The molecule has 0 saturated heterocycles. The van der Waals surface area contributed by atoms with Gasteiger partial charge in [-0.2, -0.15) is 0 Å². The Kier molecular flexibility index (Phi) is 4.14. The Morgan fingerprint density at radius 1 is 1.29 bits per heavy atom. The molecular formula is C12H20N4O. The van der Waals surface area contributed by atoms with Gasteiger partial charge in [0, 0.05) is 19.2 Å². The smallest absolute Gasteiger partial charge is 0.131 e. The summed E-state index contributed by atoms with van der Waals surface area (Å²) in [7, 11) is 0. The molecule has 94 valence electrons. The summed E-state index contributed by atoms with van der Waals surface area (Å²) in [6.45, 7) is 1.14. The van der Waals surface area contributed by atoms with Gasteiger partial charge in [0.25, 0.3) is 0 Å². The third-order valence-electron chi connectivity index (χ3n) is 3.53. The maximum atomic E-state index is 9.33. The number of nitrogen functional groups attached to an aromatic ring is 1. The molecule has 1 aliphatic carbocycles. The number of rotatable bonds is 4. The molecule has 0 amide bonds. The van der Waals surface area contributed by atoms with Crippen molar-refractivity contribution < 1.29 is 5.11 Å². The van der Waals surface area contributed by atoms with Crippen LogP contribution in [0.5, 0.6) is 0 Å². The Hall–Kier alpha value is -1.36. The van der Waals surface area contributed by atoms with Crippen molar-refractivity contribution in [3.05, 3.63) is 12.4 Å². The van der Waals surface area contributed by atoms with Gasteiger partial charge in [0.1, 0.15) is 18.0 Å². The number of anilines is 2. The first-order chi connectivity index (χ1) is 8.29. The van der Waals surface area contributed by atoms with Gasteiger partial charge in [0.05, 0.1) is 0 Å². The molecular weight excluding hydrogens is 216 g/mol. The molecule has 0 bridgehead atoms. The second kappa shape index (κ2) is 5.82. The van der Waals surface area contributed by atoms with Crippen molar-refractivity contribution in [2.75, 3.05) is 24.2 Å². The van der Waals surface area contributed by atoms with Gasteiger partial charge in [-0.15, -0.1) is 0 Å². The van der Waals surface area contributed by atoms with E-state index in [2.05, 4.69) is 15.3 Å². The fraction of sp³-hybridized carbons (Fsp3) is 0.667. The normalized spacial score (nSPS) is 24.5. The lowest BCUT2D eigenvalue weighted by Crippen LogP contribution is -2.28. The van der Waals surface area contributed by atoms with Crippen LogP contribution in [0.1, 0.15) is 25.7 Å². The Morgan fingerprint density at radius 2 is 2.06 bits per heavy atom. The molecule has 1 heterocycles. The molecule has 5 heteroatoms. The number of aliphatic hydroxyl groups is 1. The SMILES string of the molecule is Nc1cc(NCC2CCCCC2CO)ncn1. The fourth-order valence-corrected chi connectivity index (χ4v) is 2.50. The highest BCUT2D eigenvalue weighted by molar-refractivity contribution is 5.43. The van der Waals surface area contributed by atoms with E-state index < -0.39 is 0 Å². The van der Waals surface area contributed by atoms with Gasteiger partial charge in [0.2, 0.25) is 0 Å². The van der Waals surface area contributed by atoms with E-state index in [0.717, 1.165) is 18.8 Å². The highest BCUT2D eigenvalue weighted by Gasteiger charge is 2.24. The lowest BCUT2D eigenvalue weighted by Gasteiger charge is -2.30. The zero-order valence-electron chi connectivity index (χ0n) is 9.97. The standard InChI is InChI=1S/C12H20N4O/c13-11-5-12(16-8-15-11)14-6-9-3-1-2-4-10(9)7-17/h5,8-10,17H,1-4,6-7H2,(H3,13,14,15,16). The van der Waals surface area contributed by atoms with Crippen molar-refractivity contribution in [3.8, 4) is 0 Å². The van der Waals surface area contributed by atoms with E-state index >= 15 is 0 Å². The molecule has 2 atom stereocenters. The third-order valence-corrected chi connectivity index (χ3v) is 3.53. The number of hydrogen-bond acceptors (Lipinski definition) is 5. The quantitative estimate of drug-likeness (QED) is 0.733. The van der Waals surface area contributed by atoms with Crippen molar-refractivity contribution >= 4 is 11.6 Å². The molecule has 0 aromatic carbocycles. The van der Waals surface area contributed by atoms with E-state index in [-0.39, 0.29) is 6.61 Å². The molecule has 0 radical (unpaired) electrons. The minimum Gasteiger partial charge on any atom is -0.396 e. The highest BCUT2D eigenvalue weighted by atomic mass is 16.3. The molecule has 2 unspecified atom stereocenters. The van der Waals surface area contributed by atoms with Crippen molar-refractivity contribution in [1.82, 2.24) is 9.97 Å². The van der Waals surface area contributed by atoms with Crippen LogP contribution >= 0.6 is 0 Å². The van der Waals surface area contributed by atoms with E-state index in [0.29, 0.717) is 17.7 Å². The Morgan fingerprint density at radius 3 is 2.76 bits per heavy atom. The van der Waals surface area contributed by atoms with Gasteiger partial charge in [-0.05, 0) is 24.7 Å². The predicted octanol–water partition coefficient (Wildman–Crippen LogP) is 1.27. The maximum absolute atomic E-state index is 9.33. The minimum atomic E-state index is 0.290. The molecule has 1 aromatic heterocycles. The van der Waals surface area contributed by atoms with Gasteiger partial charge in [-0.25, -0.2) is 9.97 Å². The van der Waals surface area contributed by atoms with E-state index in [1.807, 2.05) is 0 Å². The summed E-state index contributed by atoms with van der Waals surface area (Å²) in [6.07, 6.45) is 6.27. The topological polar surface area (TPSA) is 84.1 Å². The second-order valence-corrected chi connectivity index (χ2v) is 4.70. The molecule has 1 aliphatic rings. The number of aromatic nitrogens is 2. The van der Waals surface area contributed by atoms with E-state index in [1.54, 1.807) is 6.07 Å². The first-order valence-electron chi connectivity index (χ1n) is 6.22. The van der Waals surface area contributed by atoms with Crippen LogP contribution in [0.3, 0.4) is 0 Å². The molecule has 17 heavy (non-hydrogen) atoms. The molecule has 1 aromatic rings. The van der Waals surface area contributed by atoms with Crippen LogP contribution in [-0.2, 0) is 0 Å². The zero-order valence-corrected chi connectivity index (χ0v) is 9.97. The van der Waals surface area contributed by atoms with Crippen LogP contribution in [0.25, 0.3) is 0 Å². The first kappa shape index (κ1) is 12.1. The number of nitrogens with two attached hydrogens (primary N) is 1. The molecule has 4 N–H and O–H groups in total. The largest absolute Gasteiger partial charge is 0.396 e. The molecule has 2 rings (SSSR count). The van der Waals surface area contributed by atoms with Crippen molar-refractivity contribution in [2.45, 2.75) is 25.7 Å². The highest BCUT2D eigenvalue weighted by Crippen LogP contribution is 2.29. The summed E-state index contributed by atoms with van der Waals surface area (Å²) >= 11 is 0. The van der Waals surface area contributed by atoms with Crippen LogP contribution in [-0.4, -0.2) is 28.2 Å². The van der Waals surface area contributed by atoms with E-state index in [1.165, 1.54) is 25.6 Å². The molecule has 1 saturated carbocycles. The van der Waals surface area contributed by atoms with Crippen LogP contribution < -0.4 is 11.1 Å². The zero-order chi connectivity index (χ0) is 12.1. The molecule has 5 nitrogen and oxygen atoms in total. The van der Waals surface area contributed by atoms with E-state index in [4.69, 9.17) is 5.73 Å². The fourth-order valence-electron chi connectivity index (χ4n) is 2.50. The Balaban J connectivity index is 1.88. The number of hydrogen-bond donors (Lipinski definition) is 3. The number of nitrogens with zero attached hydrogens (tertiary/aromatic N) is 2.